The Bertz CT molecular complexity index is 833. The first-order valence-electron chi connectivity index (χ1n) is 8.23. The van der Waals surface area contributed by atoms with Crippen LogP contribution in [-0.4, -0.2) is 32.5 Å². The number of nitrogens with zero attached hydrogens (tertiary/aromatic N) is 2. The molecule has 0 radical (unpaired) electrons. The number of anilines is 1. The Kier molecular flexibility index (Phi) is 3.58. The minimum atomic E-state index is 0.114. The van der Waals surface area contributed by atoms with Crippen molar-refractivity contribution in [1.82, 2.24) is 14.8 Å². The second kappa shape index (κ2) is 5.74. The lowest BCUT2D eigenvalue weighted by Crippen LogP contribution is -2.26. The molecule has 0 bridgehead atoms. The molecule has 23 heavy (non-hydrogen) atoms. The summed E-state index contributed by atoms with van der Waals surface area (Å²) in [5, 5.41) is 18.2. The monoisotopic (exact) mass is 310 g/mol. The standard InChI is InChI=1S/C18H22N4O/c1-12-2-4-17-15(8-12)16-9-13(3-5-18(16)21-17)20-14-10-19-22(11-14)6-7-23/h2,4,8,10-11,13,20-21,23H,3,5-7,9H2,1H3. The van der Waals surface area contributed by atoms with Crippen LogP contribution < -0.4 is 5.32 Å². The zero-order valence-corrected chi connectivity index (χ0v) is 13.3. The quantitative estimate of drug-likeness (QED) is 0.694. The van der Waals surface area contributed by atoms with Crippen LogP contribution in [0.4, 0.5) is 5.69 Å². The Hall–Kier alpha value is -2.27. The molecule has 1 aliphatic rings. The van der Waals surface area contributed by atoms with Gasteiger partial charge in [-0.15, -0.1) is 0 Å². The third-order valence-electron chi connectivity index (χ3n) is 4.68. The fourth-order valence-electron chi connectivity index (χ4n) is 3.55. The van der Waals surface area contributed by atoms with Gasteiger partial charge in [-0.05, 0) is 43.9 Å². The molecule has 0 aliphatic heterocycles. The van der Waals surface area contributed by atoms with Crippen molar-refractivity contribution in [3.05, 3.63) is 47.4 Å². The molecule has 5 nitrogen and oxygen atoms in total. The van der Waals surface area contributed by atoms with Gasteiger partial charge >= 0.3 is 0 Å². The van der Waals surface area contributed by atoms with Gasteiger partial charge in [-0.1, -0.05) is 11.6 Å². The van der Waals surface area contributed by atoms with Gasteiger partial charge in [0.2, 0.25) is 0 Å². The molecular formula is C18H22N4O. The molecule has 2 aromatic heterocycles. The Morgan fingerprint density at radius 1 is 1.43 bits per heavy atom. The van der Waals surface area contributed by atoms with Gasteiger partial charge in [0, 0.05) is 28.8 Å². The molecular weight excluding hydrogens is 288 g/mol. The van der Waals surface area contributed by atoms with E-state index in [0.29, 0.717) is 12.6 Å². The Balaban J connectivity index is 1.55. The highest BCUT2D eigenvalue weighted by Crippen LogP contribution is 2.30. The van der Waals surface area contributed by atoms with Crippen molar-refractivity contribution < 1.29 is 5.11 Å². The van der Waals surface area contributed by atoms with E-state index in [0.717, 1.165) is 24.9 Å². The highest BCUT2D eigenvalue weighted by molar-refractivity contribution is 5.85. The van der Waals surface area contributed by atoms with E-state index in [1.807, 2.05) is 12.4 Å². The van der Waals surface area contributed by atoms with Crippen molar-refractivity contribution in [2.75, 3.05) is 11.9 Å². The number of hydrogen-bond donors (Lipinski definition) is 3. The Morgan fingerprint density at radius 3 is 3.22 bits per heavy atom. The predicted octanol–water partition coefficient (Wildman–Crippen LogP) is 2.63. The number of aromatic amines is 1. The van der Waals surface area contributed by atoms with Crippen molar-refractivity contribution in [3.63, 3.8) is 0 Å². The van der Waals surface area contributed by atoms with Gasteiger partial charge in [0.1, 0.15) is 0 Å². The molecule has 0 spiro atoms. The maximum atomic E-state index is 8.97. The first-order chi connectivity index (χ1) is 11.2. The van der Waals surface area contributed by atoms with E-state index >= 15 is 0 Å². The average molecular weight is 310 g/mol. The lowest BCUT2D eigenvalue weighted by molar-refractivity contribution is 0.269. The number of benzene rings is 1. The summed E-state index contributed by atoms with van der Waals surface area (Å²) in [7, 11) is 0. The van der Waals surface area contributed by atoms with Crippen molar-refractivity contribution in [1.29, 1.82) is 0 Å². The predicted molar refractivity (Wildman–Crippen MR) is 91.8 cm³/mol. The van der Waals surface area contributed by atoms with E-state index in [2.05, 4.69) is 40.5 Å². The van der Waals surface area contributed by atoms with Crippen LogP contribution in [0.15, 0.2) is 30.6 Å². The van der Waals surface area contributed by atoms with Crippen LogP contribution in [0.2, 0.25) is 0 Å². The average Bonchev–Trinajstić information content (AvgIpc) is 3.12. The lowest BCUT2D eigenvalue weighted by Gasteiger charge is -2.24. The molecule has 5 heteroatoms. The Labute approximate surface area is 135 Å². The van der Waals surface area contributed by atoms with Gasteiger partial charge in [0.05, 0.1) is 25.0 Å². The van der Waals surface area contributed by atoms with Crippen LogP contribution >= 0.6 is 0 Å². The SMILES string of the molecule is Cc1ccc2[nH]c3c(c2c1)CC(Nc1cnn(CCO)c1)CC3. The minimum Gasteiger partial charge on any atom is -0.394 e. The van der Waals surface area contributed by atoms with Gasteiger partial charge in [0.15, 0.2) is 0 Å². The molecule has 4 rings (SSSR count). The number of hydrogen-bond acceptors (Lipinski definition) is 3. The molecule has 1 aromatic carbocycles. The fourth-order valence-corrected chi connectivity index (χ4v) is 3.55. The summed E-state index contributed by atoms with van der Waals surface area (Å²) in [5.74, 6) is 0. The highest BCUT2D eigenvalue weighted by Gasteiger charge is 2.22. The van der Waals surface area contributed by atoms with Crippen LogP contribution in [0.1, 0.15) is 23.2 Å². The normalized spacial score (nSPS) is 17.4. The molecule has 1 aliphatic carbocycles. The van der Waals surface area contributed by atoms with Crippen LogP contribution in [0, 0.1) is 6.92 Å². The third-order valence-corrected chi connectivity index (χ3v) is 4.68. The summed E-state index contributed by atoms with van der Waals surface area (Å²) < 4.78 is 1.77. The lowest BCUT2D eigenvalue weighted by atomic mass is 9.91. The minimum absolute atomic E-state index is 0.114. The summed E-state index contributed by atoms with van der Waals surface area (Å²) >= 11 is 0. The highest BCUT2D eigenvalue weighted by atomic mass is 16.3. The van der Waals surface area contributed by atoms with E-state index < -0.39 is 0 Å². The number of aryl methyl sites for hydroxylation is 2. The zero-order chi connectivity index (χ0) is 15.8. The number of fused-ring (bicyclic) bond motifs is 3. The third kappa shape index (κ3) is 2.72. The van der Waals surface area contributed by atoms with Crippen molar-refractivity contribution in [2.24, 2.45) is 0 Å². The summed E-state index contributed by atoms with van der Waals surface area (Å²) in [4.78, 5) is 3.58. The smallest absolute Gasteiger partial charge is 0.0728 e. The van der Waals surface area contributed by atoms with E-state index in [-0.39, 0.29) is 6.61 Å². The first kappa shape index (κ1) is 14.3. The number of aromatic nitrogens is 3. The van der Waals surface area contributed by atoms with Gasteiger partial charge in [-0.3, -0.25) is 4.68 Å². The molecule has 3 aromatic rings. The summed E-state index contributed by atoms with van der Waals surface area (Å²) in [5.41, 5.74) is 6.43. The van der Waals surface area contributed by atoms with Gasteiger partial charge < -0.3 is 15.4 Å². The fraction of sp³-hybridized carbons (Fsp3) is 0.389. The second-order valence-corrected chi connectivity index (χ2v) is 6.43. The topological polar surface area (TPSA) is 65.9 Å². The summed E-state index contributed by atoms with van der Waals surface area (Å²) in [6.07, 6.45) is 7.02. The van der Waals surface area contributed by atoms with Gasteiger partial charge in [-0.2, -0.15) is 5.10 Å². The van der Waals surface area contributed by atoms with Crippen LogP contribution in [0.3, 0.4) is 0 Å². The number of H-pyrrole nitrogens is 1. The molecule has 1 unspecified atom stereocenters. The number of nitrogens with one attached hydrogen (secondary N) is 2. The van der Waals surface area contributed by atoms with E-state index in [1.54, 1.807) is 4.68 Å². The number of aliphatic hydroxyl groups is 1. The van der Waals surface area contributed by atoms with E-state index in [1.165, 1.54) is 27.7 Å². The summed E-state index contributed by atoms with van der Waals surface area (Å²) in [6, 6.07) is 7.06. The van der Waals surface area contributed by atoms with E-state index in [9.17, 15) is 0 Å². The van der Waals surface area contributed by atoms with Crippen LogP contribution in [0.25, 0.3) is 10.9 Å². The number of rotatable bonds is 4. The molecule has 0 saturated heterocycles. The van der Waals surface area contributed by atoms with Crippen molar-refractivity contribution >= 4 is 16.6 Å². The second-order valence-electron chi connectivity index (χ2n) is 6.43. The molecule has 1 atom stereocenters. The number of aliphatic hydroxyl groups excluding tert-OH is 1. The molecule has 0 amide bonds. The molecule has 2 heterocycles. The first-order valence-corrected chi connectivity index (χ1v) is 8.23. The van der Waals surface area contributed by atoms with Crippen LogP contribution in [0.5, 0.6) is 0 Å². The van der Waals surface area contributed by atoms with E-state index in [4.69, 9.17) is 5.11 Å². The largest absolute Gasteiger partial charge is 0.394 e. The molecule has 120 valence electrons. The molecule has 0 fully saturated rings. The van der Waals surface area contributed by atoms with Crippen molar-refractivity contribution in [3.8, 4) is 0 Å². The van der Waals surface area contributed by atoms with Gasteiger partial charge in [0.25, 0.3) is 0 Å². The van der Waals surface area contributed by atoms with Crippen LogP contribution in [-0.2, 0) is 19.4 Å². The summed E-state index contributed by atoms with van der Waals surface area (Å²) in [6.45, 7) is 2.80. The maximum Gasteiger partial charge on any atom is 0.0728 e. The Morgan fingerprint density at radius 2 is 2.35 bits per heavy atom. The zero-order valence-electron chi connectivity index (χ0n) is 13.3. The van der Waals surface area contributed by atoms with Gasteiger partial charge in [-0.25, -0.2) is 0 Å². The molecule has 0 saturated carbocycles. The van der Waals surface area contributed by atoms with Crippen molar-refractivity contribution in [2.45, 2.75) is 38.8 Å². The molecule has 3 N–H and O–H groups in total. The maximum absolute atomic E-state index is 8.97.